The first-order valence-electron chi connectivity index (χ1n) is 10.7. The molecule has 1 aromatic rings. The van der Waals surface area contributed by atoms with Crippen LogP contribution in [-0.4, -0.2) is 59.9 Å². The second-order valence-corrected chi connectivity index (χ2v) is 8.28. The fourth-order valence-corrected chi connectivity index (χ4v) is 4.75. The van der Waals surface area contributed by atoms with E-state index in [9.17, 15) is 9.59 Å². The zero-order valence-electron chi connectivity index (χ0n) is 16.8. The summed E-state index contributed by atoms with van der Waals surface area (Å²) in [4.78, 5) is 29.6. The van der Waals surface area contributed by atoms with Crippen LogP contribution < -0.4 is 10.1 Å². The predicted molar refractivity (Wildman–Crippen MR) is 107 cm³/mol. The van der Waals surface area contributed by atoms with Gasteiger partial charge in [0.1, 0.15) is 11.3 Å². The molecule has 6 heteroatoms. The molecule has 0 bridgehead atoms. The van der Waals surface area contributed by atoms with Crippen molar-refractivity contribution in [3.8, 4) is 5.75 Å². The van der Waals surface area contributed by atoms with Crippen LogP contribution in [0, 0.1) is 0 Å². The lowest BCUT2D eigenvalue weighted by molar-refractivity contribution is -0.157. The molecule has 1 spiro atoms. The van der Waals surface area contributed by atoms with Gasteiger partial charge in [0.05, 0.1) is 13.2 Å². The molecule has 6 nitrogen and oxygen atoms in total. The Bertz CT molecular complexity index is 741. The summed E-state index contributed by atoms with van der Waals surface area (Å²) in [5.74, 6) is 1.12. The topological polar surface area (TPSA) is 61.9 Å². The highest BCUT2D eigenvalue weighted by atomic mass is 16.5. The van der Waals surface area contributed by atoms with Crippen LogP contribution in [0.2, 0.25) is 0 Å². The number of likely N-dealkylation sites (tertiary alicyclic amines) is 1. The number of amides is 2. The third-order valence-electron chi connectivity index (χ3n) is 6.44. The van der Waals surface area contributed by atoms with Gasteiger partial charge in [-0.3, -0.25) is 14.5 Å². The van der Waals surface area contributed by atoms with E-state index in [0.717, 1.165) is 57.7 Å². The van der Waals surface area contributed by atoms with Gasteiger partial charge in [0.2, 0.25) is 11.8 Å². The largest absolute Gasteiger partial charge is 0.493 e. The molecule has 0 radical (unpaired) electrons. The number of piperazine rings is 1. The molecule has 3 aliphatic rings. The van der Waals surface area contributed by atoms with Gasteiger partial charge in [-0.05, 0) is 49.3 Å². The highest BCUT2D eigenvalue weighted by molar-refractivity contribution is 5.98. The molecule has 0 aliphatic carbocycles. The highest BCUT2D eigenvalue weighted by Crippen LogP contribution is 2.33. The lowest BCUT2D eigenvalue weighted by atomic mass is 9.82. The average Bonchev–Trinajstić information content (AvgIpc) is 2.72. The van der Waals surface area contributed by atoms with E-state index in [2.05, 4.69) is 35.3 Å². The second-order valence-electron chi connectivity index (χ2n) is 8.28. The van der Waals surface area contributed by atoms with Gasteiger partial charge in [0.15, 0.2) is 0 Å². The van der Waals surface area contributed by atoms with Crippen molar-refractivity contribution in [2.45, 2.75) is 57.5 Å². The maximum Gasteiger partial charge on any atom is 0.246 e. The quantitative estimate of drug-likeness (QED) is 0.843. The molecule has 4 rings (SSSR count). The summed E-state index contributed by atoms with van der Waals surface area (Å²) < 4.78 is 5.81. The Morgan fingerprint density at radius 1 is 1.21 bits per heavy atom. The molecular weight excluding hydrogens is 354 g/mol. The van der Waals surface area contributed by atoms with Gasteiger partial charge < -0.3 is 15.0 Å². The van der Waals surface area contributed by atoms with Gasteiger partial charge in [-0.25, -0.2) is 0 Å². The van der Waals surface area contributed by atoms with E-state index in [4.69, 9.17) is 4.74 Å². The molecule has 28 heavy (non-hydrogen) atoms. The number of unbranched alkanes of at least 4 members (excludes halogenated alkanes) is 1. The number of carbonyl (C=O) groups is 2. The summed E-state index contributed by atoms with van der Waals surface area (Å²) in [6, 6.07) is 6.56. The average molecular weight is 386 g/mol. The molecular formula is C22H31N3O3. The van der Waals surface area contributed by atoms with Crippen LogP contribution in [0.4, 0.5) is 0 Å². The van der Waals surface area contributed by atoms with Crippen LogP contribution in [-0.2, 0) is 22.6 Å². The molecule has 2 amide bonds. The molecule has 0 atom stereocenters. The number of rotatable bonds is 5. The summed E-state index contributed by atoms with van der Waals surface area (Å²) in [6.45, 7) is 6.25. The summed E-state index contributed by atoms with van der Waals surface area (Å²) in [5.41, 5.74) is 1.90. The molecule has 2 saturated heterocycles. The van der Waals surface area contributed by atoms with E-state index in [1.54, 1.807) is 0 Å². The van der Waals surface area contributed by atoms with Crippen molar-refractivity contribution in [1.29, 1.82) is 0 Å². The van der Waals surface area contributed by atoms with Gasteiger partial charge >= 0.3 is 0 Å². The second kappa shape index (κ2) is 8.11. The molecule has 0 unspecified atom stereocenters. The number of nitrogens with one attached hydrogen (secondary N) is 1. The fraction of sp³-hybridized carbons (Fsp3) is 0.636. The van der Waals surface area contributed by atoms with Gasteiger partial charge in [-0.1, -0.05) is 25.5 Å². The van der Waals surface area contributed by atoms with E-state index in [1.165, 1.54) is 11.1 Å². The summed E-state index contributed by atoms with van der Waals surface area (Å²) in [6.07, 6.45) is 5.56. The number of fused-ring (bicyclic) bond motifs is 1. The SMILES string of the molecule is CCCCN1C(=O)CNC(=O)C12CCN(Cc1ccc3c(c1)OCCC3)CC2. The number of hydrogen-bond acceptors (Lipinski definition) is 4. The van der Waals surface area contributed by atoms with Crippen LogP contribution in [0.3, 0.4) is 0 Å². The number of piperidine rings is 1. The molecule has 3 aliphatic heterocycles. The van der Waals surface area contributed by atoms with Crippen molar-refractivity contribution in [1.82, 2.24) is 15.1 Å². The monoisotopic (exact) mass is 385 g/mol. The minimum Gasteiger partial charge on any atom is -0.493 e. The number of hydrogen-bond donors (Lipinski definition) is 1. The number of aryl methyl sites for hydroxylation is 1. The number of carbonyl (C=O) groups excluding carboxylic acids is 2. The van der Waals surface area contributed by atoms with Gasteiger partial charge in [0, 0.05) is 26.2 Å². The number of nitrogens with zero attached hydrogens (tertiary/aromatic N) is 2. The molecule has 1 aromatic carbocycles. The number of benzene rings is 1. The first-order chi connectivity index (χ1) is 13.6. The van der Waals surface area contributed by atoms with Crippen molar-refractivity contribution >= 4 is 11.8 Å². The Kier molecular flexibility index (Phi) is 5.58. The van der Waals surface area contributed by atoms with Gasteiger partial charge in [-0.15, -0.1) is 0 Å². The van der Waals surface area contributed by atoms with Crippen LogP contribution >= 0.6 is 0 Å². The molecule has 0 aromatic heterocycles. The first-order valence-corrected chi connectivity index (χ1v) is 10.7. The van der Waals surface area contributed by atoms with Crippen LogP contribution in [0.5, 0.6) is 5.75 Å². The van der Waals surface area contributed by atoms with Crippen LogP contribution in [0.25, 0.3) is 0 Å². The maximum absolute atomic E-state index is 12.8. The Morgan fingerprint density at radius 2 is 2.04 bits per heavy atom. The molecule has 0 saturated carbocycles. The standard InChI is InChI=1S/C22H31N3O3/c1-2-3-10-25-20(26)15-23-21(27)22(25)8-11-24(12-9-22)16-17-6-7-18-5-4-13-28-19(18)14-17/h6-7,14H,2-5,8-13,15-16H2,1H3,(H,23,27). The zero-order valence-corrected chi connectivity index (χ0v) is 16.8. The van der Waals surface area contributed by atoms with E-state index in [1.807, 2.05) is 4.90 Å². The van der Waals surface area contributed by atoms with Crippen molar-refractivity contribution in [2.24, 2.45) is 0 Å². The predicted octanol–water partition coefficient (Wildman–Crippen LogP) is 2.10. The van der Waals surface area contributed by atoms with Crippen molar-refractivity contribution < 1.29 is 14.3 Å². The van der Waals surface area contributed by atoms with Crippen molar-refractivity contribution in [3.05, 3.63) is 29.3 Å². The summed E-state index contributed by atoms with van der Waals surface area (Å²) >= 11 is 0. The lowest BCUT2D eigenvalue weighted by Crippen LogP contribution is -2.70. The van der Waals surface area contributed by atoms with E-state index >= 15 is 0 Å². The minimum absolute atomic E-state index is 0.0324. The lowest BCUT2D eigenvalue weighted by Gasteiger charge is -2.50. The Labute approximate surface area is 167 Å². The zero-order chi connectivity index (χ0) is 19.6. The van der Waals surface area contributed by atoms with Crippen molar-refractivity contribution in [3.63, 3.8) is 0 Å². The Hall–Kier alpha value is -2.08. The molecule has 152 valence electrons. The third-order valence-corrected chi connectivity index (χ3v) is 6.44. The number of ether oxygens (including phenoxy) is 1. The maximum atomic E-state index is 12.8. The van der Waals surface area contributed by atoms with Crippen molar-refractivity contribution in [2.75, 3.05) is 32.8 Å². The molecule has 2 fully saturated rings. The Morgan fingerprint density at radius 3 is 2.82 bits per heavy atom. The van der Waals surface area contributed by atoms with E-state index < -0.39 is 5.54 Å². The van der Waals surface area contributed by atoms with Crippen LogP contribution in [0.1, 0.15) is 50.2 Å². The fourth-order valence-electron chi connectivity index (χ4n) is 4.75. The normalized spacial score (nSPS) is 22.0. The summed E-state index contributed by atoms with van der Waals surface area (Å²) in [5, 5.41) is 2.83. The summed E-state index contributed by atoms with van der Waals surface area (Å²) in [7, 11) is 0. The highest BCUT2D eigenvalue weighted by Gasteiger charge is 2.50. The minimum atomic E-state index is -0.653. The van der Waals surface area contributed by atoms with E-state index in [0.29, 0.717) is 19.4 Å². The Balaban J connectivity index is 1.42. The van der Waals surface area contributed by atoms with Gasteiger partial charge in [-0.2, -0.15) is 0 Å². The van der Waals surface area contributed by atoms with Gasteiger partial charge in [0.25, 0.3) is 0 Å². The first kappa shape index (κ1) is 19.2. The van der Waals surface area contributed by atoms with Crippen LogP contribution in [0.15, 0.2) is 18.2 Å². The van der Waals surface area contributed by atoms with E-state index in [-0.39, 0.29) is 18.4 Å². The molecule has 1 N–H and O–H groups in total. The smallest absolute Gasteiger partial charge is 0.246 e. The molecule has 3 heterocycles. The third kappa shape index (κ3) is 3.62.